The molecule has 0 bridgehead atoms. The maximum absolute atomic E-state index is 12.4. The van der Waals surface area contributed by atoms with E-state index in [0.29, 0.717) is 12.5 Å². The van der Waals surface area contributed by atoms with E-state index in [2.05, 4.69) is 24.5 Å². The third-order valence-electron chi connectivity index (χ3n) is 5.01. The van der Waals surface area contributed by atoms with Crippen LogP contribution in [0.3, 0.4) is 0 Å². The Balaban J connectivity index is 1.79. The zero-order valence-electron chi connectivity index (χ0n) is 14.6. The van der Waals surface area contributed by atoms with E-state index in [1.807, 2.05) is 11.0 Å². The Hall–Kier alpha value is -1.36. The van der Waals surface area contributed by atoms with Crippen LogP contribution in [0.4, 0.5) is 0 Å². The van der Waals surface area contributed by atoms with Gasteiger partial charge in [0.05, 0.1) is 6.04 Å². The zero-order chi connectivity index (χ0) is 16.7. The highest BCUT2D eigenvalue weighted by Crippen LogP contribution is 2.17. The van der Waals surface area contributed by atoms with Crippen LogP contribution in [0, 0.1) is 5.92 Å². The number of carbonyl (C=O) groups excluding carboxylic acids is 2. The van der Waals surface area contributed by atoms with Crippen molar-refractivity contribution in [1.29, 1.82) is 0 Å². The summed E-state index contributed by atoms with van der Waals surface area (Å²) in [6.07, 6.45) is 7.79. The van der Waals surface area contributed by atoms with E-state index >= 15 is 0 Å². The topological polar surface area (TPSA) is 61.4 Å². The predicted molar refractivity (Wildman–Crippen MR) is 92.0 cm³/mol. The number of allylic oxidation sites excluding steroid dienone is 1. The molecule has 2 saturated heterocycles. The number of nitrogens with one attached hydrogen (secondary N) is 2. The van der Waals surface area contributed by atoms with Gasteiger partial charge < -0.3 is 15.5 Å². The van der Waals surface area contributed by atoms with E-state index in [0.717, 1.165) is 58.2 Å². The Bertz CT molecular complexity index is 436. The van der Waals surface area contributed by atoms with Crippen molar-refractivity contribution in [3.8, 4) is 0 Å². The lowest BCUT2D eigenvalue weighted by Crippen LogP contribution is -2.46. The molecule has 2 aliphatic heterocycles. The van der Waals surface area contributed by atoms with Crippen molar-refractivity contribution < 1.29 is 9.59 Å². The highest BCUT2D eigenvalue weighted by Gasteiger charge is 2.25. The maximum Gasteiger partial charge on any atom is 0.246 e. The van der Waals surface area contributed by atoms with Crippen LogP contribution in [-0.2, 0) is 9.59 Å². The van der Waals surface area contributed by atoms with Crippen molar-refractivity contribution in [2.45, 2.75) is 58.4 Å². The molecule has 5 nitrogen and oxygen atoms in total. The van der Waals surface area contributed by atoms with Gasteiger partial charge in [-0.05, 0) is 51.0 Å². The van der Waals surface area contributed by atoms with Gasteiger partial charge in [0, 0.05) is 25.7 Å². The van der Waals surface area contributed by atoms with Crippen molar-refractivity contribution >= 4 is 11.8 Å². The number of amides is 2. The maximum atomic E-state index is 12.4. The van der Waals surface area contributed by atoms with Crippen LogP contribution in [0.2, 0.25) is 0 Å². The first-order valence-corrected chi connectivity index (χ1v) is 9.13. The van der Waals surface area contributed by atoms with Crippen molar-refractivity contribution in [2.24, 2.45) is 5.92 Å². The van der Waals surface area contributed by atoms with Gasteiger partial charge in [-0.2, -0.15) is 0 Å². The summed E-state index contributed by atoms with van der Waals surface area (Å²) in [6.45, 7) is 7.40. The number of hydrogen-bond acceptors (Lipinski definition) is 3. The Morgan fingerprint density at radius 2 is 2.00 bits per heavy atom. The van der Waals surface area contributed by atoms with Gasteiger partial charge in [-0.15, -0.1) is 0 Å². The van der Waals surface area contributed by atoms with E-state index in [9.17, 15) is 9.59 Å². The summed E-state index contributed by atoms with van der Waals surface area (Å²) in [4.78, 5) is 26.4. The third kappa shape index (κ3) is 5.34. The SMILES string of the molecule is CCC(=CC(=O)N1CCC[C@H](CNC(=O)[C@H]2CCCN2)C1)CC. The average molecular weight is 321 g/mol. The molecule has 5 heteroatoms. The van der Waals surface area contributed by atoms with Gasteiger partial charge in [-0.3, -0.25) is 9.59 Å². The average Bonchev–Trinajstić information content (AvgIpc) is 3.12. The summed E-state index contributed by atoms with van der Waals surface area (Å²) in [7, 11) is 0. The molecule has 2 aliphatic rings. The molecule has 0 aromatic carbocycles. The van der Waals surface area contributed by atoms with Gasteiger partial charge >= 0.3 is 0 Å². The number of nitrogens with zero attached hydrogens (tertiary/aromatic N) is 1. The molecule has 2 heterocycles. The normalized spacial score (nSPS) is 24.3. The van der Waals surface area contributed by atoms with Gasteiger partial charge in [-0.25, -0.2) is 0 Å². The Kier molecular flexibility index (Phi) is 7.09. The number of likely N-dealkylation sites (tertiary alicyclic amines) is 1. The van der Waals surface area contributed by atoms with Crippen molar-refractivity contribution in [1.82, 2.24) is 15.5 Å². The highest BCUT2D eigenvalue weighted by molar-refractivity contribution is 5.88. The van der Waals surface area contributed by atoms with Crippen LogP contribution in [0.1, 0.15) is 52.4 Å². The lowest BCUT2D eigenvalue weighted by atomic mass is 9.97. The fourth-order valence-corrected chi connectivity index (χ4v) is 3.43. The predicted octanol–water partition coefficient (Wildman–Crippen LogP) is 1.84. The van der Waals surface area contributed by atoms with Gasteiger partial charge in [-0.1, -0.05) is 19.4 Å². The van der Waals surface area contributed by atoms with Crippen LogP contribution >= 0.6 is 0 Å². The number of hydrogen-bond donors (Lipinski definition) is 2. The van der Waals surface area contributed by atoms with E-state index < -0.39 is 0 Å². The van der Waals surface area contributed by atoms with E-state index in [1.165, 1.54) is 5.57 Å². The molecule has 0 aliphatic carbocycles. The minimum absolute atomic E-state index is 0.0177. The molecule has 2 N–H and O–H groups in total. The third-order valence-corrected chi connectivity index (χ3v) is 5.01. The van der Waals surface area contributed by atoms with Gasteiger partial charge in [0.15, 0.2) is 0 Å². The van der Waals surface area contributed by atoms with Crippen molar-refractivity contribution in [3.05, 3.63) is 11.6 Å². The van der Waals surface area contributed by atoms with Crippen LogP contribution in [0.5, 0.6) is 0 Å². The Morgan fingerprint density at radius 1 is 1.22 bits per heavy atom. The monoisotopic (exact) mass is 321 g/mol. The van der Waals surface area contributed by atoms with Crippen LogP contribution in [-0.4, -0.2) is 48.9 Å². The van der Waals surface area contributed by atoms with Gasteiger partial charge in [0.1, 0.15) is 0 Å². The van der Waals surface area contributed by atoms with Gasteiger partial charge in [0.2, 0.25) is 11.8 Å². The molecule has 2 fully saturated rings. The lowest BCUT2D eigenvalue weighted by Gasteiger charge is -2.32. The molecule has 2 rings (SSSR count). The van der Waals surface area contributed by atoms with Crippen LogP contribution in [0.15, 0.2) is 11.6 Å². The Labute approximate surface area is 139 Å². The molecular formula is C18H31N3O2. The molecule has 0 radical (unpaired) electrons. The second-order valence-electron chi connectivity index (χ2n) is 6.70. The molecule has 0 aromatic heterocycles. The van der Waals surface area contributed by atoms with Crippen LogP contribution in [0.25, 0.3) is 0 Å². The molecule has 130 valence electrons. The standard InChI is InChI=1S/C18H31N3O2/c1-3-14(4-2)11-17(22)21-10-6-7-15(13-21)12-20-18(23)16-8-5-9-19-16/h11,15-16,19H,3-10,12-13H2,1-2H3,(H,20,23)/t15-,16-/m1/s1. The zero-order valence-corrected chi connectivity index (χ0v) is 14.6. The second-order valence-corrected chi connectivity index (χ2v) is 6.70. The summed E-state index contributed by atoms with van der Waals surface area (Å²) in [5.41, 5.74) is 1.21. The first kappa shape index (κ1) is 18.0. The van der Waals surface area contributed by atoms with E-state index in [1.54, 1.807) is 0 Å². The summed E-state index contributed by atoms with van der Waals surface area (Å²) >= 11 is 0. The molecular weight excluding hydrogens is 290 g/mol. The summed E-state index contributed by atoms with van der Waals surface area (Å²) in [6, 6.07) is -0.0177. The van der Waals surface area contributed by atoms with E-state index in [-0.39, 0.29) is 17.9 Å². The molecule has 0 unspecified atom stereocenters. The van der Waals surface area contributed by atoms with Crippen molar-refractivity contribution in [2.75, 3.05) is 26.2 Å². The van der Waals surface area contributed by atoms with Crippen LogP contribution < -0.4 is 10.6 Å². The number of piperidine rings is 1. The minimum Gasteiger partial charge on any atom is -0.354 e. The smallest absolute Gasteiger partial charge is 0.246 e. The minimum atomic E-state index is -0.0177. The highest BCUT2D eigenvalue weighted by atomic mass is 16.2. The fraction of sp³-hybridized carbons (Fsp3) is 0.778. The first-order valence-electron chi connectivity index (χ1n) is 9.13. The molecule has 0 saturated carbocycles. The molecule has 0 spiro atoms. The number of carbonyl (C=O) groups is 2. The second kappa shape index (κ2) is 9.06. The molecule has 23 heavy (non-hydrogen) atoms. The molecule has 2 amide bonds. The summed E-state index contributed by atoms with van der Waals surface area (Å²) in [5, 5.41) is 6.28. The summed E-state index contributed by atoms with van der Waals surface area (Å²) < 4.78 is 0. The number of rotatable bonds is 6. The summed E-state index contributed by atoms with van der Waals surface area (Å²) in [5.74, 6) is 0.625. The molecule has 2 atom stereocenters. The molecule has 0 aromatic rings. The first-order chi connectivity index (χ1) is 11.1. The lowest BCUT2D eigenvalue weighted by molar-refractivity contribution is -0.127. The van der Waals surface area contributed by atoms with Gasteiger partial charge in [0.25, 0.3) is 0 Å². The van der Waals surface area contributed by atoms with Crippen molar-refractivity contribution in [3.63, 3.8) is 0 Å². The van der Waals surface area contributed by atoms with E-state index in [4.69, 9.17) is 0 Å². The Morgan fingerprint density at radius 3 is 2.65 bits per heavy atom. The largest absolute Gasteiger partial charge is 0.354 e. The fourth-order valence-electron chi connectivity index (χ4n) is 3.43. The quantitative estimate of drug-likeness (QED) is 0.734.